The molecule has 0 spiro atoms. The molecule has 0 atom stereocenters. The Labute approximate surface area is 129 Å². The quantitative estimate of drug-likeness (QED) is 0.673. The Kier molecular flexibility index (Phi) is 4.72. The van der Waals surface area contributed by atoms with Crippen molar-refractivity contribution in [3.8, 4) is 5.69 Å². The first kappa shape index (κ1) is 14.9. The summed E-state index contributed by atoms with van der Waals surface area (Å²) in [6.45, 7) is 2.06. The van der Waals surface area contributed by atoms with Gasteiger partial charge < -0.3 is 10.5 Å². The summed E-state index contributed by atoms with van der Waals surface area (Å²) in [5, 5.41) is 4.93. The molecule has 5 nitrogen and oxygen atoms in total. The van der Waals surface area contributed by atoms with E-state index in [2.05, 4.69) is 21.0 Å². The molecule has 2 rings (SSSR count). The van der Waals surface area contributed by atoms with Crippen LogP contribution >= 0.6 is 27.7 Å². The number of nitrogens with zero attached hydrogens (tertiary/aromatic N) is 2. The van der Waals surface area contributed by atoms with Crippen LogP contribution in [0, 0.1) is 0 Å². The van der Waals surface area contributed by atoms with Gasteiger partial charge in [-0.2, -0.15) is 5.10 Å². The van der Waals surface area contributed by atoms with E-state index in [1.165, 1.54) is 11.8 Å². The zero-order valence-corrected chi connectivity index (χ0v) is 13.5. The number of aromatic nitrogens is 2. The van der Waals surface area contributed by atoms with Crippen molar-refractivity contribution in [3.05, 3.63) is 34.3 Å². The smallest absolute Gasteiger partial charge is 0.344 e. The summed E-state index contributed by atoms with van der Waals surface area (Å²) in [5.41, 5.74) is 7.17. The van der Waals surface area contributed by atoms with Crippen molar-refractivity contribution in [1.29, 1.82) is 0 Å². The molecule has 106 valence electrons. The van der Waals surface area contributed by atoms with Gasteiger partial charge in [0.15, 0.2) is 0 Å². The normalized spacial score (nSPS) is 10.6. The fraction of sp³-hybridized carbons (Fsp3) is 0.231. The number of hydrogen-bond acceptors (Lipinski definition) is 5. The third kappa shape index (κ3) is 2.83. The third-order valence-corrected chi connectivity index (χ3v) is 3.83. The largest absolute Gasteiger partial charge is 0.462 e. The monoisotopic (exact) mass is 355 g/mol. The van der Waals surface area contributed by atoms with Crippen LogP contribution in [0.4, 0.5) is 5.82 Å². The van der Waals surface area contributed by atoms with Gasteiger partial charge in [0, 0.05) is 4.47 Å². The van der Waals surface area contributed by atoms with Gasteiger partial charge in [-0.25, -0.2) is 9.48 Å². The van der Waals surface area contributed by atoms with Gasteiger partial charge in [-0.05, 0) is 37.4 Å². The minimum atomic E-state index is -0.447. The van der Waals surface area contributed by atoms with Gasteiger partial charge in [0.05, 0.1) is 12.3 Å². The first-order valence-corrected chi connectivity index (χ1v) is 7.95. The molecule has 2 N–H and O–H groups in total. The summed E-state index contributed by atoms with van der Waals surface area (Å²) in [5.74, 6) is -0.159. The summed E-state index contributed by atoms with van der Waals surface area (Å²) in [7, 11) is 0. The van der Waals surface area contributed by atoms with Crippen molar-refractivity contribution in [2.45, 2.75) is 11.9 Å². The van der Waals surface area contributed by atoms with Gasteiger partial charge in [0.2, 0.25) is 0 Å². The summed E-state index contributed by atoms with van der Waals surface area (Å²) in [4.78, 5) is 12.0. The third-order valence-electron chi connectivity index (χ3n) is 2.63. The van der Waals surface area contributed by atoms with Crippen molar-refractivity contribution in [1.82, 2.24) is 9.78 Å². The second-order valence-corrected chi connectivity index (χ2v) is 5.59. The van der Waals surface area contributed by atoms with Crippen LogP contribution in [0.25, 0.3) is 5.69 Å². The zero-order valence-electron chi connectivity index (χ0n) is 11.1. The van der Waals surface area contributed by atoms with Crippen molar-refractivity contribution < 1.29 is 9.53 Å². The molecule has 7 heteroatoms. The molecular formula is C13H14BrN3O2S. The minimum Gasteiger partial charge on any atom is -0.462 e. The van der Waals surface area contributed by atoms with Crippen LogP contribution in [0.1, 0.15) is 17.3 Å². The number of halogens is 1. The van der Waals surface area contributed by atoms with Crippen LogP contribution in [0.15, 0.2) is 33.8 Å². The van der Waals surface area contributed by atoms with Gasteiger partial charge in [0.25, 0.3) is 0 Å². The molecule has 0 aliphatic heterocycles. The molecular weight excluding hydrogens is 342 g/mol. The number of hydrogen-bond donors (Lipinski definition) is 1. The van der Waals surface area contributed by atoms with E-state index in [9.17, 15) is 4.79 Å². The molecule has 0 aliphatic carbocycles. The highest BCUT2D eigenvalue weighted by atomic mass is 79.9. The summed E-state index contributed by atoms with van der Waals surface area (Å²) < 4.78 is 7.53. The summed E-state index contributed by atoms with van der Waals surface area (Å²) in [6, 6.07) is 7.51. The van der Waals surface area contributed by atoms with Crippen molar-refractivity contribution in [2.75, 3.05) is 18.6 Å². The first-order valence-electron chi connectivity index (χ1n) is 5.94. The summed E-state index contributed by atoms with van der Waals surface area (Å²) >= 11 is 4.73. The maximum absolute atomic E-state index is 12.0. The molecule has 0 saturated heterocycles. The zero-order chi connectivity index (χ0) is 14.7. The number of carbonyl (C=O) groups excluding carboxylic acids is 1. The predicted molar refractivity (Wildman–Crippen MR) is 83.4 cm³/mol. The number of benzene rings is 1. The lowest BCUT2D eigenvalue weighted by atomic mass is 10.3. The van der Waals surface area contributed by atoms with E-state index in [4.69, 9.17) is 10.5 Å². The molecule has 1 aromatic carbocycles. The van der Waals surface area contributed by atoms with E-state index in [-0.39, 0.29) is 5.82 Å². The second-order valence-electron chi connectivity index (χ2n) is 3.88. The molecule has 0 saturated carbocycles. The highest BCUT2D eigenvalue weighted by Crippen LogP contribution is 2.28. The van der Waals surface area contributed by atoms with Crippen LogP contribution in [-0.2, 0) is 4.74 Å². The Hall–Kier alpha value is -1.47. The molecule has 20 heavy (non-hydrogen) atoms. The van der Waals surface area contributed by atoms with Crippen molar-refractivity contribution >= 4 is 39.5 Å². The molecule has 0 fully saturated rings. The molecule has 1 aromatic heterocycles. The average molecular weight is 356 g/mol. The summed E-state index contributed by atoms with van der Waals surface area (Å²) in [6.07, 6.45) is 1.84. The Balaban J connectivity index is 2.50. The van der Waals surface area contributed by atoms with Gasteiger partial charge in [-0.15, -0.1) is 11.8 Å². The Morgan fingerprint density at radius 3 is 2.65 bits per heavy atom. The molecule has 1 heterocycles. The molecule has 0 unspecified atom stereocenters. The Morgan fingerprint density at radius 1 is 1.45 bits per heavy atom. The first-order chi connectivity index (χ1) is 9.58. The van der Waals surface area contributed by atoms with E-state index < -0.39 is 5.97 Å². The van der Waals surface area contributed by atoms with Crippen molar-refractivity contribution in [3.63, 3.8) is 0 Å². The van der Waals surface area contributed by atoms with Gasteiger partial charge in [-0.1, -0.05) is 15.9 Å². The number of carbonyl (C=O) groups is 1. The van der Waals surface area contributed by atoms with E-state index in [0.717, 1.165) is 10.2 Å². The van der Waals surface area contributed by atoms with Crippen molar-refractivity contribution in [2.24, 2.45) is 0 Å². The maximum atomic E-state index is 12.0. The highest BCUT2D eigenvalue weighted by molar-refractivity contribution is 9.10. The van der Waals surface area contributed by atoms with E-state index >= 15 is 0 Å². The SMILES string of the molecule is CCOC(=O)c1c(SC)nn(-c2ccc(Br)cc2)c1N. The number of ether oxygens (including phenoxy) is 1. The lowest BCUT2D eigenvalue weighted by molar-refractivity contribution is 0.0523. The predicted octanol–water partition coefficient (Wildman–Crippen LogP) is 3.12. The van der Waals surface area contributed by atoms with E-state index in [1.807, 2.05) is 30.5 Å². The van der Waals surface area contributed by atoms with Gasteiger partial charge in [-0.3, -0.25) is 0 Å². The minimum absolute atomic E-state index is 0.287. The second kappa shape index (κ2) is 6.32. The van der Waals surface area contributed by atoms with Gasteiger partial charge >= 0.3 is 5.97 Å². The molecule has 0 bridgehead atoms. The highest BCUT2D eigenvalue weighted by Gasteiger charge is 2.23. The van der Waals surface area contributed by atoms with Crippen LogP contribution < -0.4 is 5.73 Å². The molecule has 0 aliphatic rings. The topological polar surface area (TPSA) is 70.1 Å². The fourth-order valence-electron chi connectivity index (χ4n) is 1.73. The van der Waals surface area contributed by atoms with Crippen LogP contribution in [0.2, 0.25) is 0 Å². The Bertz CT molecular complexity index is 625. The van der Waals surface area contributed by atoms with E-state index in [0.29, 0.717) is 17.2 Å². The number of anilines is 1. The van der Waals surface area contributed by atoms with E-state index in [1.54, 1.807) is 11.6 Å². The van der Waals surface area contributed by atoms with Crippen LogP contribution in [0.3, 0.4) is 0 Å². The average Bonchev–Trinajstić information content (AvgIpc) is 2.77. The number of rotatable bonds is 4. The Morgan fingerprint density at radius 2 is 2.10 bits per heavy atom. The molecule has 0 amide bonds. The standard InChI is InChI=1S/C13H14BrN3O2S/c1-3-19-13(18)10-11(15)17(16-12(10)20-2)9-6-4-8(14)5-7-9/h4-7H,3,15H2,1-2H3. The lowest BCUT2D eigenvalue weighted by Crippen LogP contribution is -2.09. The van der Waals surface area contributed by atoms with Crippen LogP contribution in [-0.4, -0.2) is 28.6 Å². The molecule has 2 aromatic rings. The number of nitrogen functional groups attached to an aromatic ring is 1. The number of thioether (sulfide) groups is 1. The molecule has 0 radical (unpaired) electrons. The number of esters is 1. The lowest BCUT2D eigenvalue weighted by Gasteiger charge is -2.05. The van der Waals surface area contributed by atoms with Crippen LogP contribution in [0.5, 0.6) is 0 Å². The fourth-order valence-corrected chi connectivity index (χ4v) is 2.55. The number of nitrogens with two attached hydrogens (primary N) is 1. The maximum Gasteiger partial charge on any atom is 0.344 e. The van der Waals surface area contributed by atoms with Gasteiger partial charge in [0.1, 0.15) is 16.4 Å².